The van der Waals surface area contributed by atoms with Crippen molar-refractivity contribution in [2.24, 2.45) is 0 Å². The molecule has 1 unspecified atom stereocenters. The molecule has 2 N–H and O–H groups in total. The highest BCUT2D eigenvalue weighted by atomic mass is 16.2. The van der Waals surface area contributed by atoms with E-state index in [2.05, 4.69) is 22.5 Å². The van der Waals surface area contributed by atoms with Gasteiger partial charge in [-0.15, -0.1) is 0 Å². The Morgan fingerprint density at radius 3 is 3.05 bits per heavy atom. The van der Waals surface area contributed by atoms with Gasteiger partial charge in [0.1, 0.15) is 6.04 Å². The molecule has 3 heterocycles. The number of nitrogens with zero attached hydrogens (tertiary/aromatic N) is 2. The van der Waals surface area contributed by atoms with Crippen molar-refractivity contribution in [1.82, 2.24) is 14.7 Å². The van der Waals surface area contributed by atoms with Gasteiger partial charge in [-0.3, -0.25) is 14.9 Å². The van der Waals surface area contributed by atoms with Crippen LogP contribution in [-0.4, -0.2) is 27.2 Å². The Morgan fingerprint density at radius 2 is 2.30 bits per heavy atom. The highest BCUT2D eigenvalue weighted by Crippen LogP contribution is 2.20. The quantitative estimate of drug-likeness (QED) is 0.821. The zero-order chi connectivity index (χ0) is 14.1. The van der Waals surface area contributed by atoms with Crippen LogP contribution in [0.15, 0.2) is 24.5 Å². The van der Waals surface area contributed by atoms with Gasteiger partial charge in [-0.25, -0.2) is 4.98 Å². The third kappa shape index (κ3) is 2.13. The van der Waals surface area contributed by atoms with Crippen LogP contribution < -0.4 is 10.6 Å². The molecule has 0 radical (unpaired) electrons. The normalized spacial score (nSPS) is 19.1. The maximum Gasteiger partial charge on any atom is 0.249 e. The Bertz CT molecular complexity index is 677. The molecule has 2 aromatic rings. The van der Waals surface area contributed by atoms with Crippen LogP contribution >= 0.6 is 0 Å². The first-order valence-corrected chi connectivity index (χ1v) is 6.74. The van der Waals surface area contributed by atoms with Gasteiger partial charge in [-0.2, -0.15) is 0 Å². The lowest BCUT2D eigenvalue weighted by atomic mass is 10.1. The molecule has 20 heavy (non-hydrogen) atoms. The van der Waals surface area contributed by atoms with Crippen molar-refractivity contribution >= 4 is 23.1 Å². The van der Waals surface area contributed by atoms with Crippen LogP contribution in [0.3, 0.4) is 0 Å². The van der Waals surface area contributed by atoms with Gasteiger partial charge in [-0.1, -0.05) is 6.92 Å². The van der Waals surface area contributed by atoms with Gasteiger partial charge in [0.25, 0.3) is 0 Å². The Kier molecular flexibility index (Phi) is 3.14. The standard InChI is InChI=1S/C14H16N4O2/c1-2-9-3-4-10(13-15-7-8-18(9)13)16-11-5-6-12(19)17-14(11)20/h3-4,7-8,11,16H,2,5-6H2,1H3,(H,17,19,20). The van der Waals surface area contributed by atoms with Gasteiger partial charge in [-0.05, 0) is 25.0 Å². The molecule has 6 heteroatoms. The summed E-state index contributed by atoms with van der Waals surface area (Å²) in [6, 6.07) is 3.56. The lowest BCUT2D eigenvalue weighted by molar-refractivity contribution is -0.133. The predicted octanol–water partition coefficient (Wildman–Crippen LogP) is 1.11. The number of pyridine rings is 1. The lowest BCUT2D eigenvalue weighted by Crippen LogP contribution is -2.47. The van der Waals surface area contributed by atoms with Crippen molar-refractivity contribution in [2.45, 2.75) is 32.2 Å². The summed E-state index contributed by atoms with van der Waals surface area (Å²) < 4.78 is 2.01. The van der Waals surface area contributed by atoms with Crippen LogP contribution in [-0.2, 0) is 16.0 Å². The van der Waals surface area contributed by atoms with Crippen LogP contribution in [0.2, 0.25) is 0 Å². The Morgan fingerprint density at radius 1 is 1.45 bits per heavy atom. The van der Waals surface area contributed by atoms with Crippen LogP contribution in [0.5, 0.6) is 0 Å². The number of hydrogen-bond donors (Lipinski definition) is 2. The van der Waals surface area contributed by atoms with Gasteiger partial charge in [0.2, 0.25) is 11.8 Å². The number of hydrogen-bond acceptors (Lipinski definition) is 4. The third-order valence-corrected chi connectivity index (χ3v) is 3.56. The van der Waals surface area contributed by atoms with Gasteiger partial charge < -0.3 is 9.72 Å². The molecule has 1 aliphatic rings. The number of aromatic nitrogens is 2. The first kappa shape index (κ1) is 12.7. The Balaban J connectivity index is 1.90. The molecule has 0 saturated carbocycles. The summed E-state index contributed by atoms with van der Waals surface area (Å²) in [5.41, 5.74) is 2.77. The van der Waals surface area contributed by atoms with Crippen molar-refractivity contribution in [3.05, 3.63) is 30.2 Å². The largest absolute Gasteiger partial charge is 0.371 e. The number of imide groups is 1. The maximum atomic E-state index is 11.8. The fraction of sp³-hybridized carbons (Fsp3) is 0.357. The van der Waals surface area contributed by atoms with Gasteiger partial charge in [0, 0.05) is 24.5 Å². The average Bonchev–Trinajstić information content (AvgIpc) is 2.92. The molecule has 3 rings (SSSR count). The summed E-state index contributed by atoms with van der Waals surface area (Å²) in [6.45, 7) is 2.09. The maximum absolute atomic E-state index is 11.8. The zero-order valence-electron chi connectivity index (χ0n) is 11.2. The number of amides is 2. The summed E-state index contributed by atoms with van der Waals surface area (Å²) in [7, 11) is 0. The van der Waals surface area contributed by atoms with Crippen LogP contribution in [0, 0.1) is 0 Å². The zero-order valence-corrected chi connectivity index (χ0v) is 11.2. The molecule has 0 aromatic carbocycles. The van der Waals surface area contributed by atoms with E-state index in [1.807, 2.05) is 22.7 Å². The molecule has 1 atom stereocenters. The van der Waals surface area contributed by atoms with E-state index in [-0.39, 0.29) is 17.9 Å². The number of piperidine rings is 1. The molecule has 2 aromatic heterocycles. The van der Waals surface area contributed by atoms with E-state index in [0.717, 1.165) is 23.4 Å². The monoisotopic (exact) mass is 272 g/mol. The third-order valence-electron chi connectivity index (χ3n) is 3.56. The minimum Gasteiger partial charge on any atom is -0.371 e. The minimum atomic E-state index is -0.388. The second kappa shape index (κ2) is 4.96. The van der Waals surface area contributed by atoms with Crippen molar-refractivity contribution < 1.29 is 9.59 Å². The van der Waals surface area contributed by atoms with Crippen LogP contribution in [0.4, 0.5) is 5.69 Å². The van der Waals surface area contributed by atoms with Gasteiger partial charge >= 0.3 is 0 Å². The molecule has 1 aliphatic heterocycles. The van der Waals surface area contributed by atoms with Crippen LogP contribution in [0.25, 0.3) is 5.65 Å². The van der Waals surface area contributed by atoms with E-state index < -0.39 is 0 Å². The Labute approximate surface area is 116 Å². The molecule has 2 amide bonds. The second-order valence-corrected chi connectivity index (χ2v) is 4.86. The summed E-state index contributed by atoms with van der Waals surface area (Å²) in [5.74, 6) is -0.481. The molecule has 1 saturated heterocycles. The molecular weight excluding hydrogens is 256 g/mol. The number of anilines is 1. The number of rotatable bonds is 3. The molecule has 1 fully saturated rings. The number of aryl methyl sites for hydroxylation is 1. The minimum absolute atomic E-state index is 0.208. The number of carbonyl (C=O) groups excluding carboxylic acids is 2. The molecule has 6 nitrogen and oxygen atoms in total. The van der Waals surface area contributed by atoms with Gasteiger partial charge in [0.15, 0.2) is 5.65 Å². The predicted molar refractivity (Wildman–Crippen MR) is 74.4 cm³/mol. The fourth-order valence-corrected chi connectivity index (χ4v) is 2.49. The van der Waals surface area contributed by atoms with E-state index >= 15 is 0 Å². The molecular formula is C14H16N4O2. The summed E-state index contributed by atoms with van der Waals surface area (Å²) in [6.07, 6.45) is 5.42. The second-order valence-electron chi connectivity index (χ2n) is 4.86. The van der Waals surface area contributed by atoms with Crippen molar-refractivity contribution in [3.8, 4) is 0 Å². The Hall–Kier alpha value is -2.37. The summed E-state index contributed by atoms with van der Waals surface area (Å²) >= 11 is 0. The van der Waals surface area contributed by atoms with E-state index in [4.69, 9.17) is 0 Å². The number of carbonyl (C=O) groups is 2. The van der Waals surface area contributed by atoms with Crippen molar-refractivity contribution in [1.29, 1.82) is 0 Å². The number of imidazole rings is 1. The van der Waals surface area contributed by atoms with Gasteiger partial charge in [0.05, 0.1) is 5.69 Å². The SMILES string of the molecule is CCc1ccc(NC2CCC(=O)NC2=O)c2nccn12. The fourth-order valence-electron chi connectivity index (χ4n) is 2.49. The summed E-state index contributed by atoms with van der Waals surface area (Å²) in [4.78, 5) is 27.3. The molecule has 0 aliphatic carbocycles. The van der Waals surface area contributed by atoms with E-state index in [9.17, 15) is 9.59 Å². The lowest BCUT2D eigenvalue weighted by Gasteiger charge is -2.23. The van der Waals surface area contributed by atoms with E-state index in [0.29, 0.717) is 12.8 Å². The molecule has 0 spiro atoms. The highest BCUT2D eigenvalue weighted by Gasteiger charge is 2.26. The highest BCUT2D eigenvalue weighted by molar-refractivity contribution is 6.01. The number of nitrogens with one attached hydrogen (secondary N) is 2. The van der Waals surface area contributed by atoms with E-state index in [1.165, 1.54) is 0 Å². The first-order chi connectivity index (χ1) is 9.69. The topological polar surface area (TPSA) is 75.5 Å². The molecule has 104 valence electrons. The van der Waals surface area contributed by atoms with Crippen molar-refractivity contribution in [3.63, 3.8) is 0 Å². The smallest absolute Gasteiger partial charge is 0.249 e. The first-order valence-electron chi connectivity index (χ1n) is 6.74. The number of fused-ring (bicyclic) bond motifs is 1. The van der Waals surface area contributed by atoms with Crippen molar-refractivity contribution in [2.75, 3.05) is 5.32 Å². The average molecular weight is 272 g/mol. The summed E-state index contributed by atoms with van der Waals surface area (Å²) in [5, 5.41) is 5.53. The van der Waals surface area contributed by atoms with Crippen LogP contribution in [0.1, 0.15) is 25.5 Å². The molecule has 0 bridgehead atoms. The van der Waals surface area contributed by atoms with E-state index in [1.54, 1.807) is 6.20 Å².